The third-order valence-corrected chi connectivity index (χ3v) is 9.16. The summed E-state index contributed by atoms with van der Waals surface area (Å²) in [5.41, 5.74) is 1.09. The molecule has 0 aromatic carbocycles. The van der Waals surface area contributed by atoms with E-state index in [1.54, 1.807) is 6.20 Å². The first kappa shape index (κ1) is 22.7. The van der Waals surface area contributed by atoms with E-state index in [0.717, 1.165) is 90.0 Å². The molecule has 1 saturated heterocycles. The zero-order valence-electron chi connectivity index (χ0n) is 20.2. The highest BCUT2D eigenvalue weighted by Crippen LogP contribution is 2.55. The number of nitrogens with one attached hydrogen (secondary N) is 2. The summed E-state index contributed by atoms with van der Waals surface area (Å²) in [6.45, 7) is 5.26. The van der Waals surface area contributed by atoms with Gasteiger partial charge in [0.15, 0.2) is 0 Å². The standard InChI is InChI=1S/C26H39N5O3/c32-24(29-22-19-11-17-12-20(22)15-26(33,13-17)14-19)21-16-28-25(30-23(21)18-3-1-2-4-18)27-5-6-31-7-9-34-10-8-31/h16-20,22,33H,1-15H2,(H,29,32)(H,27,28,30)/t17?,19?,20?,22-,26+. The minimum atomic E-state index is -0.482. The molecule has 2 atom stereocenters. The first-order valence-electron chi connectivity index (χ1n) is 13.5. The lowest BCUT2D eigenvalue weighted by molar-refractivity contribution is -0.136. The fourth-order valence-electron chi connectivity index (χ4n) is 7.76. The van der Waals surface area contributed by atoms with E-state index in [1.165, 1.54) is 12.8 Å². The van der Waals surface area contributed by atoms with Gasteiger partial charge >= 0.3 is 0 Å². The number of carbonyl (C=O) groups is 1. The van der Waals surface area contributed by atoms with Crippen LogP contribution < -0.4 is 10.6 Å². The van der Waals surface area contributed by atoms with Gasteiger partial charge in [-0.2, -0.15) is 0 Å². The van der Waals surface area contributed by atoms with E-state index in [0.29, 0.717) is 35.2 Å². The van der Waals surface area contributed by atoms with Crippen molar-refractivity contribution >= 4 is 11.9 Å². The molecule has 8 heteroatoms. The van der Waals surface area contributed by atoms with Crippen LogP contribution in [-0.4, -0.2) is 76.9 Å². The molecule has 0 radical (unpaired) electrons. The molecule has 6 aliphatic rings. The number of aliphatic hydroxyl groups is 1. The molecule has 4 bridgehead atoms. The van der Waals surface area contributed by atoms with Crippen molar-refractivity contribution in [2.45, 2.75) is 75.3 Å². The molecule has 3 N–H and O–H groups in total. The lowest BCUT2D eigenvalue weighted by Crippen LogP contribution is -2.61. The maximum atomic E-state index is 13.5. The summed E-state index contributed by atoms with van der Waals surface area (Å²) in [4.78, 5) is 25.4. The second-order valence-electron chi connectivity index (χ2n) is 11.5. The maximum Gasteiger partial charge on any atom is 0.254 e. The lowest BCUT2D eigenvalue weighted by Gasteiger charge is -2.58. The smallest absolute Gasteiger partial charge is 0.254 e. The van der Waals surface area contributed by atoms with E-state index in [2.05, 4.69) is 20.5 Å². The molecular formula is C26H39N5O3. The highest BCUT2D eigenvalue weighted by Gasteiger charge is 2.55. The number of morpholine rings is 1. The summed E-state index contributed by atoms with van der Waals surface area (Å²) in [7, 11) is 0. The van der Waals surface area contributed by atoms with Crippen LogP contribution in [0.1, 0.15) is 79.8 Å². The van der Waals surface area contributed by atoms with Gasteiger partial charge in [0.1, 0.15) is 0 Å². The Morgan fingerprint density at radius 1 is 1.15 bits per heavy atom. The molecule has 2 heterocycles. The Labute approximate surface area is 202 Å². The third-order valence-electron chi connectivity index (χ3n) is 9.16. The molecule has 8 nitrogen and oxygen atoms in total. The minimum absolute atomic E-state index is 0.0220. The Balaban J connectivity index is 1.15. The van der Waals surface area contributed by atoms with E-state index in [-0.39, 0.29) is 11.9 Å². The average Bonchev–Trinajstić information content (AvgIpc) is 3.36. The summed E-state index contributed by atoms with van der Waals surface area (Å²) >= 11 is 0. The zero-order valence-corrected chi connectivity index (χ0v) is 20.2. The van der Waals surface area contributed by atoms with Crippen molar-refractivity contribution in [1.82, 2.24) is 20.2 Å². The molecule has 186 valence electrons. The number of nitrogens with zero attached hydrogens (tertiary/aromatic N) is 3. The Kier molecular flexibility index (Phi) is 6.24. The van der Waals surface area contributed by atoms with Crippen LogP contribution in [0, 0.1) is 17.8 Å². The van der Waals surface area contributed by atoms with Gasteiger partial charge in [0.25, 0.3) is 5.91 Å². The number of anilines is 1. The highest BCUT2D eigenvalue weighted by molar-refractivity contribution is 5.95. The third kappa shape index (κ3) is 4.56. The predicted octanol–water partition coefficient (Wildman–Crippen LogP) is 2.55. The molecule has 7 rings (SSSR count). The molecule has 5 saturated carbocycles. The van der Waals surface area contributed by atoms with Crippen molar-refractivity contribution < 1.29 is 14.6 Å². The van der Waals surface area contributed by atoms with Crippen LogP contribution in [0.3, 0.4) is 0 Å². The molecular weight excluding hydrogens is 430 g/mol. The zero-order chi connectivity index (χ0) is 23.1. The fraction of sp³-hybridized carbons (Fsp3) is 0.808. The van der Waals surface area contributed by atoms with Gasteiger partial charge in [-0.1, -0.05) is 12.8 Å². The van der Waals surface area contributed by atoms with Crippen LogP contribution in [0.5, 0.6) is 0 Å². The molecule has 1 aromatic rings. The van der Waals surface area contributed by atoms with Gasteiger partial charge in [0, 0.05) is 44.3 Å². The number of amides is 1. The van der Waals surface area contributed by atoms with Crippen LogP contribution >= 0.6 is 0 Å². The van der Waals surface area contributed by atoms with Gasteiger partial charge in [0.05, 0.1) is 30.1 Å². The van der Waals surface area contributed by atoms with Crippen LogP contribution in [0.15, 0.2) is 6.20 Å². The topological polar surface area (TPSA) is 99.6 Å². The van der Waals surface area contributed by atoms with Gasteiger partial charge in [0.2, 0.25) is 5.95 Å². The number of hydrogen-bond acceptors (Lipinski definition) is 7. The van der Waals surface area contributed by atoms with Gasteiger partial charge in [-0.15, -0.1) is 0 Å². The quantitative estimate of drug-likeness (QED) is 0.564. The van der Waals surface area contributed by atoms with E-state index < -0.39 is 5.60 Å². The number of rotatable bonds is 7. The van der Waals surface area contributed by atoms with Crippen molar-refractivity contribution in [3.8, 4) is 0 Å². The largest absolute Gasteiger partial charge is 0.390 e. The van der Waals surface area contributed by atoms with E-state index in [4.69, 9.17) is 9.72 Å². The molecule has 0 spiro atoms. The van der Waals surface area contributed by atoms with E-state index >= 15 is 0 Å². The Hall–Kier alpha value is -1.77. The molecule has 1 aliphatic heterocycles. The monoisotopic (exact) mass is 469 g/mol. The van der Waals surface area contributed by atoms with Crippen molar-refractivity contribution in [3.05, 3.63) is 17.5 Å². The van der Waals surface area contributed by atoms with Crippen LogP contribution in [-0.2, 0) is 4.74 Å². The number of carbonyl (C=O) groups excluding carboxylic acids is 1. The first-order valence-corrected chi connectivity index (χ1v) is 13.5. The lowest BCUT2D eigenvalue weighted by atomic mass is 9.52. The molecule has 5 aliphatic carbocycles. The predicted molar refractivity (Wildman–Crippen MR) is 129 cm³/mol. The molecule has 6 fully saturated rings. The average molecular weight is 470 g/mol. The van der Waals surface area contributed by atoms with Gasteiger partial charge in [-0.25, -0.2) is 9.97 Å². The van der Waals surface area contributed by atoms with Gasteiger partial charge < -0.3 is 20.5 Å². The van der Waals surface area contributed by atoms with Crippen molar-refractivity contribution in [2.24, 2.45) is 17.8 Å². The van der Waals surface area contributed by atoms with Gasteiger partial charge in [-0.05, 0) is 62.7 Å². The molecule has 2 unspecified atom stereocenters. The summed E-state index contributed by atoms with van der Waals surface area (Å²) in [5.74, 6) is 2.38. The Morgan fingerprint density at radius 2 is 1.88 bits per heavy atom. The Morgan fingerprint density at radius 3 is 2.59 bits per heavy atom. The second kappa shape index (κ2) is 9.36. The SMILES string of the molecule is O=C(N[C@H]1C2CC3CC1C[C@@](O)(C3)C2)c1cnc(NCCN2CCOCC2)nc1C1CCCC1. The number of ether oxygens (including phenoxy) is 1. The maximum absolute atomic E-state index is 13.5. The normalized spacial score (nSPS) is 35.6. The Bertz CT molecular complexity index is 882. The molecule has 1 amide bonds. The number of hydrogen-bond donors (Lipinski definition) is 3. The number of aromatic nitrogens is 2. The second-order valence-corrected chi connectivity index (χ2v) is 11.5. The van der Waals surface area contributed by atoms with Crippen LogP contribution in [0.25, 0.3) is 0 Å². The van der Waals surface area contributed by atoms with E-state index in [1.807, 2.05) is 0 Å². The van der Waals surface area contributed by atoms with Crippen molar-refractivity contribution in [1.29, 1.82) is 0 Å². The van der Waals surface area contributed by atoms with Crippen LogP contribution in [0.4, 0.5) is 5.95 Å². The highest BCUT2D eigenvalue weighted by atomic mass is 16.5. The van der Waals surface area contributed by atoms with Crippen molar-refractivity contribution in [3.63, 3.8) is 0 Å². The molecule has 1 aromatic heterocycles. The fourth-order valence-corrected chi connectivity index (χ4v) is 7.76. The summed E-state index contributed by atoms with van der Waals surface area (Å²) in [5, 5.41) is 17.7. The summed E-state index contributed by atoms with van der Waals surface area (Å²) < 4.78 is 5.43. The van der Waals surface area contributed by atoms with Crippen molar-refractivity contribution in [2.75, 3.05) is 44.7 Å². The minimum Gasteiger partial charge on any atom is -0.390 e. The van der Waals surface area contributed by atoms with Gasteiger partial charge in [-0.3, -0.25) is 9.69 Å². The molecule has 34 heavy (non-hydrogen) atoms. The summed E-state index contributed by atoms with van der Waals surface area (Å²) in [6, 6.07) is 0.173. The first-order chi connectivity index (χ1) is 16.6. The van der Waals surface area contributed by atoms with Crippen LogP contribution in [0.2, 0.25) is 0 Å². The summed E-state index contributed by atoms with van der Waals surface area (Å²) in [6.07, 6.45) is 11.2. The van der Waals surface area contributed by atoms with E-state index in [9.17, 15) is 9.90 Å².